The third-order valence-corrected chi connectivity index (χ3v) is 4.55. The Morgan fingerprint density at radius 2 is 1.89 bits per heavy atom. The smallest absolute Gasteiger partial charge is 0.341 e. The summed E-state index contributed by atoms with van der Waals surface area (Å²) in [6.07, 6.45) is -0.470. The maximum absolute atomic E-state index is 13.3. The van der Waals surface area contributed by atoms with Crippen molar-refractivity contribution in [2.45, 2.75) is 39.2 Å². The maximum atomic E-state index is 13.3. The molecule has 0 saturated heterocycles. The van der Waals surface area contributed by atoms with Crippen LogP contribution in [0.15, 0.2) is 47.0 Å². The van der Waals surface area contributed by atoms with Crippen LogP contribution < -0.4 is 15.8 Å². The zero-order valence-corrected chi connectivity index (χ0v) is 16.1. The number of hydrogen-bond acceptors (Lipinski definition) is 7. The minimum Gasteiger partial charge on any atom is -0.463 e. The van der Waals surface area contributed by atoms with Gasteiger partial charge in [-0.05, 0) is 33.8 Å². The van der Waals surface area contributed by atoms with E-state index in [1.165, 1.54) is 0 Å². The molecular weight excluding hydrogens is 364 g/mol. The van der Waals surface area contributed by atoms with Gasteiger partial charge in [-0.3, -0.25) is 4.79 Å². The van der Waals surface area contributed by atoms with Crippen molar-refractivity contribution in [3.63, 3.8) is 0 Å². The summed E-state index contributed by atoms with van der Waals surface area (Å²) < 4.78 is 16.1. The van der Waals surface area contributed by atoms with Crippen molar-refractivity contribution in [2.75, 3.05) is 6.61 Å². The summed E-state index contributed by atoms with van der Waals surface area (Å²) in [5.74, 6) is -2.18. The molecule has 1 aromatic carbocycles. The van der Waals surface area contributed by atoms with Crippen molar-refractivity contribution >= 4 is 17.8 Å². The molecule has 1 spiro atoms. The number of hydrogen-bond donors (Lipinski definition) is 2. The molecule has 0 aliphatic carbocycles. The molecule has 0 aromatic heterocycles. The van der Waals surface area contributed by atoms with Gasteiger partial charge < -0.3 is 25.3 Å². The largest absolute Gasteiger partial charge is 0.463 e. The summed E-state index contributed by atoms with van der Waals surface area (Å²) in [6, 6.07) is 6.60. The van der Waals surface area contributed by atoms with Crippen LogP contribution in [0.5, 0.6) is 5.75 Å². The first kappa shape index (κ1) is 19.5. The van der Waals surface area contributed by atoms with Crippen LogP contribution in [0.3, 0.4) is 0 Å². The SMILES string of the molecule is CCOC(=O)C1=C(C)NC(=O)C12C(C(=O)OC(C)C)=C(N)Oc1ccccc12. The number of allylic oxidation sites excluding steroid dienone is 1. The van der Waals surface area contributed by atoms with E-state index in [0.29, 0.717) is 5.56 Å². The first-order valence-corrected chi connectivity index (χ1v) is 8.93. The molecule has 1 unspecified atom stereocenters. The second-order valence-electron chi connectivity index (χ2n) is 6.72. The van der Waals surface area contributed by atoms with E-state index < -0.39 is 29.4 Å². The number of nitrogens with two attached hydrogens (primary N) is 1. The van der Waals surface area contributed by atoms with Gasteiger partial charge in [-0.2, -0.15) is 0 Å². The second kappa shape index (κ2) is 7.03. The maximum Gasteiger partial charge on any atom is 0.341 e. The van der Waals surface area contributed by atoms with Crippen LogP contribution in [0.1, 0.15) is 33.3 Å². The molecule has 2 aliphatic heterocycles. The summed E-state index contributed by atoms with van der Waals surface area (Å²) >= 11 is 0. The van der Waals surface area contributed by atoms with E-state index in [9.17, 15) is 14.4 Å². The van der Waals surface area contributed by atoms with Crippen molar-refractivity contribution in [1.29, 1.82) is 0 Å². The van der Waals surface area contributed by atoms with Crippen LogP contribution in [0, 0.1) is 0 Å². The highest BCUT2D eigenvalue weighted by atomic mass is 16.5. The molecule has 1 atom stereocenters. The Hall–Kier alpha value is -3.29. The summed E-state index contributed by atoms with van der Waals surface area (Å²) in [5, 5.41) is 2.65. The van der Waals surface area contributed by atoms with Crippen LogP contribution in [-0.4, -0.2) is 30.6 Å². The zero-order chi connectivity index (χ0) is 20.6. The summed E-state index contributed by atoms with van der Waals surface area (Å²) in [5.41, 5.74) is 4.61. The minimum atomic E-state index is -1.82. The van der Waals surface area contributed by atoms with Gasteiger partial charge in [-0.1, -0.05) is 18.2 Å². The molecule has 1 amide bonds. The normalized spacial score (nSPS) is 20.8. The lowest BCUT2D eigenvalue weighted by Crippen LogP contribution is -2.49. The molecule has 148 valence electrons. The lowest BCUT2D eigenvalue weighted by Gasteiger charge is -2.36. The number of para-hydroxylation sites is 1. The van der Waals surface area contributed by atoms with Crippen molar-refractivity contribution in [1.82, 2.24) is 5.32 Å². The van der Waals surface area contributed by atoms with E-state index >= 15 is 0 Å². The molecule has 8 heteroatoms. The zero-order valence-electron chi connectivity index (χ0n) is 16.1. The van der Waals surface area contributed by atoms with E-state index in [2.05, 4.69) is 5.32 Å². The predicted molar refractivity (Wildman–Crippen MR) is 98.7 cm³/mol. The molecule has 3 rings (SSSR count). The van der Waals surface area contributed by atoms with Gasteiger partial charge in [0.15, 0.2) is 0 Å². The first-order chi connectivity index (χ1) is 13.2. The van der Waals surface area contributed by atoms with Gasteiger partial charge in [0.1, 0.15) is 16.7 Å². The highest BCUT2D eigenvalue weighted by Crippen LogP contribution is 2.51. The Morgan fingerprint density at radius 3 is 2.54 bits per heavy atom. The number of esters is 2. The third-order valence-electron chi connectivity index (χ3n) is 4.55. The van der Waals surface area contributed by atoms with E-state index in [1.54, 1.807) is 52.0 Å². The van der Waals surface area contributed by atoms with Gasteiger partial charge in [0, 0.05) is 11.3 Å². The molecule has 28 heavy (non-hydrogen) atoms. The fourth-order valence-electron chi connectivity index (χ4n) is 3.61. The standard InChI is InChI=1S/C20H22N2O6/c1-5-26-17(23)14-11(4)22-19(25)20(14)12-8-6-7-9-13(12)28-16(21)15(20)18(24)27-10(2)3/h6-10H,5,21H2,1-4H3,(H,22,25). The van der Waals surface area contributed by atoms with Gasteiger partial charge in [0.25, 0.3) is 0 Å². The van der Waals surface area contributed by atoms with Crippen molar-refractivity contribution in [2.24, 2.45) is 5.73 Å². The Morgan fingerprint density at radius 1 is 1.21 bits per heavy atom. The van der Waals surface area contributed by atoms with E-state index in [4.69, 9.17) is 19.9 Å². The Kier molecular flexibility index (Phi) is 4.89. The molecule has 0 radical (unpaired) electrons. The Balaban J connectivity index is 2.35. The number of carbonyl (C=O) groups excluding carboxylic acids is 3. The monoisotopic (exact) mass is 386 g/mol. The Labute approximate surface area is 162 Å². The van der Waals surface area contributed by atoms with Crippen LogP contribution in [0.2, 0.25) is 0 Å². The predicted octanol–water partition coefficient (Wildman–Crippen LogP) is 1.41. The highest BCUT2D eigenvalue weighted by Gasteiger charge is 2.61. The van der Waals surface area contributed by atoms with Gasteiger partial charge in [0.05, 0.1) is 18.3 Å². The second-order valence-corrected chi connectivity index (χ2v) is 6.72. The van der Waals surface area contributed by atoms with Crippen LogP contribution >= 0.6 is 0 Å². The van der Waals surface area contributed by atoms with Crippen LogP contribution in [0.4, 0.5) is 0 Å². The van der Waals surface area contributed by atoms with Gasteiger partial charge in [-0.25, -0.2) is 9.59 Å². The molecular formula is C20H22N2O6. The fourth-order valence-corrected chi connectivity index (χ4v) is 3.61. The summed E-state index contributed by atoms with van der Waals surface area (Å²) in [4.78, 5) is 39.1. The fraction of sp³-hybridized carbons (Fsp3) is 0.350. The Bertz CT molecular complexity index is 930. The van der Waals surface area contributed by atoms with Gasteiger partial charge in [-0.15, -0.1) is 0 Å². The quantitative estimate of drug-likeness (QED) is 0.751. The van der Waals surface area contributed by atoms with E-state index in [1.807, 2.05) is 0 Å². The molecule has 0 saturated carbocycles. The van der Waals surface area contributed by atoms with Crippen LogP contribution in [-0.2, 0) is 29.3 Å². The first-order valence-electron chi connectivity index (χ1n) is 8.93. The molecule has 2 heterocycles. The summed E-state index contributed by atoms with van der Waals surface area (Å²) in [6.45, 7) is 6.66. The molecule has 2 aliphatic rings. The van der Waals surface area contributed by atoms with Crippen molar-refractivity contribution < 1.29 is 28.6 Å². The number of fused-ring (bicyclic) bond motifs is 2. The average molecular weight is 386 g/mol. The van der Waals surface area contributed by atoms with Gasteiger partial charge >= 0.3 is 11.9 Å². The number of rotatable bonds is 4. The average Bonchev–Trinajstić information content (AvgIpc) is 2.85. The number of ether oxygens (including phenoxy) is 3. The highest BCUT2D eigenvalue weighted by molar-refractivity contribution is 6.17. The summed E-state index contributed by atoms with van der Waals surface area (Å²) in [7, 11) is 0. The molecule has 1 aromatic rings. The van der Waals surface area contributed by atoms with Crippen molar-refractivity contribution in [3.05, 3.63) is 52.6 Å². The minimum absolute atomic E-state index is 0.00578. The van der Waals surface area contributed by atoms with E-state index in [-0.39, 0.29) is 35.1 Å². The van der Waals surface area contributed by atoms with Gasteiger partial charge in [0.2, 0.25) is 11.8 Å². The lowest BCUT2D eigenvalue weighted by atomic mass is 9.67. The number of carbonyl (C=O) groups is 3. The topological polar surface area (TPSA) is 117 Å². The van der Waals surface area contributed by atoms with Crippen molar-refractivity contribution in [3.8, 4) is 5.75 Å². The molecule has 3 N–H and O–H groups in total. The molecule has 0 fully saturated rings. The lowest BCUT2D eigenvalue weighted by molar-refractivity contribution is -0.145. The number of amides is 1. The number of nitrogens with one attached hydrogen (secondary N) is 1. The third kappa shape index (κ3) is 2.72. The van der Waals surface area contributed by atoms with E-state index in [0.717, 1.165) is 0 Å². The molecule has 8 nitrogen and oxygen atoms in total. The molecule has 0 bridgehead atoms. The van der Waals surface area contributed by atoms with Crippen LogP contribution in [0.25, 0.3) is 0 Å². The number of benzene rings is 1.